The van der Waals surface area contributed by atoms with Crippen molar-refractivity contribution in [2.45, 2.75) is 24.8 Å². The molecule has 2 N–H and O–H groups in total. The number of carbonyl (C=O) groups is 2. The molecule has 0 bridgehead atoms. The van der Waals surface area contributed by atoms with Crippen LogP contribution in [0.1, 0.15) is 18.4 Å². The predicted molar refractivity (Wildman–Crippen MR) is 112 cm³/mol. The van der Waals surface area contributed by atoms with Gasteiger partial charge in [-0.2, -0.15) is 0 Å². The maximum absolute atomic E-state index is 13.0. The number of hydrogen-bond donors (Lipinski definition) is 1. The summed E-state index contributed by atoms with van der Waals surface area (Å²) in [6.45, 7) is 0.388. The van der Waals surface area contributed by atoms with Crippen LogP contribution >= 0.6 is 0 Å². The summed E-state index contributed by atoms with van der Waals surface area (Å²) in [5.41, 5.74) is 5.88. The molecule has 2 amide bonds. The number of benzene rings is 3. The second-order valence-electron chi connectivity index (χ2n) is 7.46. The number of hydrogen-bond acceptors (Lipinski definition) is 3. The summed E-state index contributed by atoms with van der Waals surface area (Å²) in [4.78, 5) is 27.3. The summed E-state index contributed by atoms with van der Waals surface area (Å²) in [5, 5.41) is 2.18. The lowest BCUT2D eigenvalue weighted by atomic mass is 9.85. The Morgan fingerprint density at radius 3 is 2.48 bits per heavy atom. The zero-order chi connectivity index (χ0) is 20.3. The molecule has 5 nitrogen and oxygen atoms in total. The van der Waals surface area contributed by atoms with Crippen molar-refractivity contribution in [3.05, 3.63) is 78.4 Å². The second-order valence-corrected chi connectivity index (χ2v) is 7.46. The molecule has 0 aromatic heterocycles. The summed E-state index contributed by atoms with van der Waals surface area (Å²) in [5.74, 6) is -0.0554. The second kappa shape index (κ2) is 7.95. The van der Waals surface area contributed by atoms with Crippen LogP contribution in [0, 0.1) is 0 Å². The largest absolute Gasteiger partial charge is 0.484 e. The minimum absolute atomic E-state index is 0.116. The lowest BCUT2D eigenvalue weighted by Gasteiger charge is -2.36. The first-order valence-corrected chi connectivity index (χ1v) is 9.85. The minimum Gasteiger partial charge on any atom is -0.484 e. The summed E-state index contributed by atoms with van der Waals surface area (Å²) < 4.78 is 5.63. The number of rotatable bonds is 6. The molecule has 0 radical (unpaired) electrons. The highest BCUT2D eigenvalue weighted by Gasteiger charge is 2.48. The van der Waals surface area contributed by atoms with Gasteiger partial charge in [-0.25, -0.2) is 0 Å². The van der Waals surface area contributed by atoms with Crippen LogP contribution in [-0.2, 0) is 16.0 Å². The summed E-state index contributed by atoms with van der Waals surface area (Å²) in [7, 11) is 0. The van der Waals surface area contributed by atoms with E-state index < -0.39 is 11.4 Å². The molecule has 1 heterocycles. The monoisotopic (exact) mass is 388 g/mol. The normalized spacial score (nSPS) is 18.7. The first kappa shape index (κ1) is 19.0. The Morgan fingerprint density at radius 2 is 1.69 bits per heavy atom. The van der Waals surface area contributed by atoms with Crippen molar-refractivity contribution in [2.24, 2.45) is 5.73 Å². The van der Waals surface area contributed by atoms with Gasteiger partial charge < -0.3 is 15.4 Å². The van der Waals surface area contributed by atoms with Gasteiger partial charge in [0.15, 0.2) is 6.61 Å². The molecule has 1 aliphatic heterocycles. The first-order chi connectivity index (χ1) is 14.1. The highest BCUT2D eigenvalue weighted by atomic mass is 16.5. The van der Waals surface area contributed by atoms with E-state index in [2.05, 4.69) is 0 Å². The molecule has 1 atom stereocenters. The van der Waals surface area contributed by atoms with E-state index in [4.69, 9.17) is 10.5 Å². The Hall–Kier alpha value is -3.34. The molecule has 5 heteroatoms. The van der Waals surface area contributed by atoms with Crippen molar-refractivity contribution in [2.75, 3.05) is 13.2 Å². The molecule has 29 heavy (non-hydrogen) atoms. The van der Waals surface area contributed by atoms with Crippen LogP contribution in [0.15, 0.2) is 72.8 Å². The topological polar surface area (TPSA) is 72.6 Å². The Labute approximate surface area is 170 Å². The van der Waals surface area contributed by atoms with Crippen LogP contribution in [0.5, 0.6) is 5.75 Å². The molecule has 1 fully saturated rings. The average molecular weight is 388 g/mol. The fraction of sp³-hybridized carbons (Fsp3) is 0.250. The first-order valence-electron chi connectivity index (χ1n) is 9.85. The number of carbonyl (C=O) groups excluding carboxylic acids is 2. The summed E-state index contributed by atoms with van der Waals surface area (Å²) in [6.07, 6.45) is 1.70. The SMILES string of the molecule is NC(=O)C1(Cc2cccc3ccccc23)CCCN1C(=O)COc1ccccc1. The number of likely N-dealkylation sites (tertiary alicyclic amines) is 1. The van der Waals surface area contributed by atoms with Crippen molar-refractivity contribution >= 4 is 22.6 Å². The van der Waals surface area contributed by atoms with Gasteiger partial charge >= 0.3 is 0 Å². The number of ether oxygens (including phenoxy) is 1. The molecule has 0 spiro atoms. The Morgan fingerprint density at radius 1 is 0.966 bits per heavy atom. The maximum atomic E-state index is 13.0. The number of amides is 2. The predicted octanol–water partition coefficient (Wildman–Crippen LogP) is 3.31. The van der Waals surface area contributed by atoms with Crippen LogP contribution in [0.25, 0.3) is 10.8 Å². The van der Waals surface area contributed by atoms with Crippen LogP contribution in [-0.4, -0.2) is 35.4 Å². The molecule has 3 aromatic rings. The van der Waals surface area contributed by atoms with Crippen LogP contribution < -0.4 is 10.5 Å². The van der Waals surface area contributed by atoms with E-state index in [1.165, 1.54) is 0 Å². The van der Waals surface area contributed by atoms with E-state index in [9.17, 15) is 9.59 Å². The molecule has 1 aliphatic rings. The van der Waals surface area contributed by atoms with Crippen molar-refractivity contribution in [3.63, 3.8) is 0 Å². The van der Waals surface area contributed by atoms with E-state index in [0.29, 0.717) is 25.1 Å². The number of nitrogens with zero attached hydrogens (tertiary/aromatic N) is 1. The van der Waals surface area contributed by atoms with Crippen molar-refractivity contribution in [3.8, 4) is 5.75 Å². The number of para-hydroxylation sites is 1. The lowest BCUT2D eigenvalue weighted by molar-refractivity contribution is -0.145. The molecule has 0 saturated carbocycles. The van der Waals surface area contributed by atoms with Gasteiger partial charge in [0, 0.05) is 13.0 Å². The number of primary amides is 1. The summed E-state index contributed by atoms with van der Waals surface area (Å²) in [6, 6.07) is 23.3. The summed E-state index contributed by atoms with van der Waals surface area (Å²) >= 11 is 0. The zero-order valence-electron chi connectivity index (χ0n) is 16.2. The standard InChI is InChI=1S/C24H24N2O3/c25-23(28)24(16-19-10-6-9-18-8-4-5-13-21(18)19)14-7-15-26(24)22(27)17-29-20-11-2-1-3-12-20/h1-6,8-13H,7,14-17H2,(H2,25,28). The van der Waals surface area contributed by atoms with Crippen LogP contribution in [0.2, 0.25) is 0 Å². The molecule has 0 aliphatic carbocycles. The highest BCUT2D eigenvalue weighted by Crippen LogP contribution is 2.35. The average Bonchev–Trinajstić information content (AvgIpc) is 3.18. The van der Waals surface area contributed by atoms with Crippen molar-refractivity contribution < 1.29 is 14.3 Å². The lowest BCUT2D eigenvalue weighted by Crippen LogP contribution is -2.58. The minimum atomic E-state index is -1.03. The van der Waals surface area contributed by atoms with Gasteiger partial charge in [0.05, 0.1) is 0 Å². The molecule has 148 valence electrons. The third kappa shape index (κ3) is 3.68. The molecule has 3 aromatic carbocycles. The van der Waals surface area contributed by atoms with Gasteiger partial charge in [0.2, 0.25) is 5.91 Å². The molecule has 1 unspecified atom stereocenters. The Bertz CT molecular complexity index is 1030. The van der Waals surface area contributed by atoms with Crippen LogP contribution in [0.4, 0.5) is 0 Å². The Kier molecular flexibility index (Phi) is 5.21. The fourth-order valence-corrected chi connectivity index (χ4v) is 4.27. The van der Waals surface area contributed by atoms with E-state index in [0.717, 1.165) is 22.8 Å². The number of nitrogens with two attached hydrogens (primary N) is 1. The van der Waals surface area contributed by atoms with Crippen LogP contribution in [0.3, 0.4) is 0 Å². The van der Waals surface area contributed by atoms with Gasteiger partial charge in [-0.15, -0.1) is 0 Å². The third-order valence-electron chi connectivity index (χ3n) is 5.72. The fourth-order valence-electron chi connectivity index (χ4n) is 4.27. The van der Waals surface area contributed by atoms with Gasteiger partial charge in [-0.1, -0.05) is 60.7 Å². The van der Waals surface area contributed by atoms with Gasteiger partial charge in [0.1, 0.15) is 11.3 Å². The number of fused-ring (bicyclic) bond motifs is 1. The quantitative estimate of drug-likeness (QED) is 0.704. The highest BCUT2D eigenvalue weighted by molar-refractivity contribution is 5.93. The van der Waals surface area contributed by atoms with Gasteiger partial charge in [-0.05, 0) is 41.3 Å². The smallest absolute Gasteiger partial charge is 0.261 e. The molecule has 1 saturated heterocycles. The third-order valence-corrected chi connectivity index (χ3v) is 5.72. The van der Waals surface area contributed by atoms with E-state index in [1.807, 2.05) is 60.7 Å². The van der Waals surface area contributed by atoms with Gasteiger partial charge in [-0.3, -0.25) is 9.59 Å². The van der Waals surface area contributed by atoms with Crippen molar-refractivity contribution in [1.82, 2.24) is 4.90 Å². The zero-order valence-corrected chi connectivity index (χ0v) is 16.2. The van der Waals surface area contributed by atoms with Crippen molar-refractivity contribution in [1.29, 1.82) is 0 Å². The molecular weight excluding hydrogens is 364 g/mol. The molecular formula is C24H24N2O3. The van der Waals surface area contributed by atoms with Gasteiger partial charge in [0.25, 0.3) is 5.91 Å². The Balaban J connectivity index is 1.60. The molecule has 4 rings (SSSR count). The van der Waals surface area contributed by atoms with E-state index in [-0.39, 0.29) is 12.5 Å². The van der Waals surface area contributed by atoms with E-state index in [1.54, 1.807) is 17.0 Å². The maximum Gasteiger partial charge on any atom is 0.261 e. The van der Waals surface area contributed by atoms with E-state index >= 15 is 0 Å².